The van der Waals surface area contributed by atoms with Crippen LogP contribution in [0.3, 0.4) is 0 Å². The summed E-state index contributed by atoms with van der Waals surface area (Å²) in [6.45, 7) is 8.23. The number of rotatable bonds is 8. The zero-order chi connectivity index (χ0) is 21.5. The maximum atomic E-state index is 14.0. The van der Waals surface area contributed by atoms with Crippen LogP contribution in [0.5, 0.6) is 0 Å². The van der Waals surface area contributed by atoms with Crippen LogP contribution in [-0.4, -0.2) is 62.3 Å². The number of nitrogens with zero attached hydrogens (tertiary/aromatic N) is 2. The maximum absolute atomic E-state index is 14.0. The molecule has 0 unspecified atom stereocenters. The molecule has 3 rings (SSSR count). The SMILES string of the molecule is CC(C)OCC(=O)NC1CCC(CCN2CCN(c3cccc(F)c3F)CC2)CC1. The number of nitrogens with one attached hydrogen (secondary N) is 1. The van der Waals surface area contributed by atoms with Gasteiger partial charge in [0.2, 0.25) is 5.91 Å². The molecule has 1 N–H and O–H groups in total. The molecule has 1 aliphatic heterocycles. The molecule has 1 aromatic rings. The first-order chi connectivity index (χ1) is 14.4. The number of halogens is 2. The van der Waals surface area contributed by atoms with E-state index in [4.69, 9.17) is 4.74 Å². The minimum Gasteiger partial charge on any atom is -0.369 e. The van der Waals surface area contributed by atoms with E-state index in [0.29, 0.717) is 11.6 Å². The fourth-order valence-corrected chi connectivity index (χ4v) is 4.42. The molecule has 2 fully saturated rings. The van der Waals surface area contributed by atoms with E-state index in [1.54, 1.807) is 12.1 Å². The van der Waals surface area contributed by atoms with Crippen molar-refractivity contribution in [2.45, 2.75) is 58.1 Å². The van der Waals surface area contributed by atoms with Crippen LogP contribution in [-0.2, 0) is 9.53 Å². The average molecular weight is 424 g/mol. The molecule has 1 aromatic carbocycles. The summed E-state index contributed by atoms with van der Waals surface area (Å²) in [7, 11) is 0. The van der Waals surface area contributed by atoms with Crippen LogP contribution in [0.15, 0.2) is 18.2 Å². The fraction of sp³-hybridized carbons (Fsp3) is 0.696. The van der Waals surface area contributed by atoms with E-state index in [2.05, 4.69) is 10.2 Å². The number of amides is 1. The van der Waals surface area contributed by atoms with Gasteiger partial charge in [-0.05, 0) is 70.5 Å². The second kappa shape index (κ2) is 11.0. The summed E-state index contributed by atoms with van der Waals surface area (Å²) in [5.74, 6) is -0.844. The molecular formula is C23H35F2N3O2. The van der Waals surface area contributed by atoms with Crippen LogP contribution in [0.2, 0.25) is 0 Å². The molecule has 0 radical (unpaired) electrons. The summed E-state index contributed by atoms with van der Waals surface area (Å²) < 4.78 is 32.8. The summed E-state index contributed by atoms with van der Waals surface area (Å²) >= 11 is 0. The number of hydrogen-bond acceptors (Lipinski definition) is 4. The van der Waals surface area contributed by atoms with Gasteiger partial charge in [-0.3, -0.25) is 9.69 Å². The van der Waals surface area contributed by atoms with E-state index in [9.17, 15) is 13.6 Å². The number of carbonyl (C=O) groups excluding carboxylic acids is 1. The highest BCUT2D eigenvalue weighted by molar-refractivity contribution is 5.77. The normalized spacial score (nSPS) is 23.0. The van der Waals surface area contributed by atoms with E-state index in [1.807, 2.05) is 18.7 Å². The molecular weight excluding hydrogens is 388 g/mol. The number of hydrogen-bond donors (Lipinski definition) is 1. The number of anilines is 1. The van der Waals surface area contributed by atoms with Crippen LogP contribution in [0.1, 0.15) is 46.0 Å². The van der Waals surface area contributed by atoms with Crippen molar-refractivity contribution < 1.29 is 18.3 Å². The molecule has 7 heteroatoms. The van der Waals surface area contributed by atoms with Gasteiger partial charge in [-0.25, -0.2) is 8.78 Å². The second-order valence-corrected chi connectivity index (χ2v) is 8.84. The quantitative estimate of drug-likeness (QED) is 0.694. The van der Waals surface area contributed by atoms with E-state index >= 15 is 0 Å². The highest BCUT2D eigenvalue weighted by Crippen LogP contribution is 2.28. The Labute approximate surface area is 178 Å². The average Bonchev–Trinajstić information content (AvgIpc) is 2.74. The second-order valence-electron chi connectivity index (χ2n) is 8.84. The number of carbonyl (C=O) groups is 1. The highest BCUT2D eigenvalue weighted by Gasteiger charge is 2.25. The topological polar surface area (TPSA) is 44.8 Å². The largest absolute Gasteiger partial charge is 0.369 e. The van der Waals surface area contributed by atoms with Gasteiger partial charge in [0, 0.05) is 32.2 Å². The Hall–Kier alpha value is -1.73. The van der Waals surface area contributed by atoms with Crippen molar-refractivity contribution in [2.75, 3.05) is 44.2 Å². The van der Waals surface area contributed by atoms with Gasteiger partial charge in [0.05, 0.1) is 11.8 Å². The van der Waals surface area contributed by atoms with E-state index in [-0.39, 0.29) is 24.7 Å². The van der Waals surface area contributed by atoms with Gasteiger partial charge in [-0.15, -0.1) is 0 Å². The molecule has 1 aliphatic carbocycles. The monoisotopic (exact) mass is 423 g/mol. The first kappa shape index (κ1) is 22.9. The summed E-state index contributed by atoms with van der Waals surface area (Å²) in [5, 5.41) is 3.09. The van der Waals surface area contributed by atoms with E-state index < -0.39 is 11.6 Å². The molecule has 168 valence electrons. The zero-order valence-electron chi connectivity index (χ0n) is 18.2. The minimum absolute atomic E-state index is 0.0141. The van der Waals surface area contributed by atoms with Crippen molar-refractivity contribution in [3.05, 3.63) is 29.8 Å². The van der Waals surface area contributed by atoms with E-state index in [0.717, 1.165) is 70.9 Å². The van der Waals surface area contributed by atoms with Gasteiger partial charge in [0.25, 0.3) is 0 Å². The number of benzene rings is 1. The van der Waals surface area contributed by atoms with Gasteiger partial charge in [-0.1, -0.05) is 6.07 Å². The van der Waals surface area contributed by atoms with Gasteiger partial charge in [0.1, 0.15) is 6.61 Å². The molecule has 1 saturated carbocycles. The van der Waals surface area contributed by atoms with Gasteiger partial charge >= 0.3 is 0 Å². The smallest absolute Gasteiger partial charge is 0.246 e. The van der Waals surface area contributed by atoms with Crippen LogP contribution in [0.4, 0.5) is 14.5 Å². The lowest BCUT2D eigenvalue weighted by Gasteiger charge is -2.37. The Balaban J connectivity index is 1.32. The molecule has 1 saturated heterocycles. The highest BCUT2D eigenvalue weighted by atomic mass is 19.2. The summed E-state index contributed by atoms with van der Waals surface area (Å²) in [4.78, 5) is 16.3. The van der Waals surface area contributed by atoms with Gasteiger partial charge in [0.15, 0.2) is 11.6 Å². The van der Waals surface area contributed by atoms with Crippen molar-refractivity contribution in [1.29, 1.82) is 0 Å². The van der Waals surface area contributed by atoms with Crippen molar-refractivity contribution in [3.63, 3.8) is 0 Å². The lowest BCUT2D eigenvalue weighted by Crippen LogP contribution is -2.47. The van der Waals surface area contributed by atoms with Crippen LogP contribution in [0.25, 0.3) is 0 Å². The molecule has 0 aromatic heterocycles. The van der Waals surface area contributed by atoms with Crippen molar-refractivity contribution in [3.8, 4) is 0 Å². The molecule has 2 aliphatic rings. The summed E-state index contributed by atoms with van der Waals surface area (Å²) in [6, 6.07) is 4.65. The Kier molecular flexibility index (Phi) is 8.45. The Morgan fingerprint density at radius 3 is 2.50 bits per heavy atom. The predicted octanol–water partition coefficient (Wildman–Crippen LogP) is 3.58. The van der Waals surface area contributed by atoms with Crippen molar-refractivity contribution >= 4 is 11.6 Å². The van der Waals surface area contributed by atoms with E-state index in [1.165, 1.54) is 0 Å². The lowest BCUT2D eigenvalue weighted by molar-refractivity contribution is -0.128. The summed E-state index contributed by atoms with van der Waals surface area (Å²) in [5.41, 5.74) is 0.369. The lowest BCUT2D eigenvalue weighted by atomic mass is 9.84. The van der Waals surface area contributed by atoms with Gasteiger partial charge in [-0.2, -0.15) is 0 Å². The number of ether oxygens (including phenoxy) is 1. The third kappa shape index (κ3) is 6.64. The molecule has 0 spiro atoms. The molecule has 1 heterocycles. The molecule has 5 nitrogen and oxygen atoms in total. The molecule has 1 amide bonds. The zero-order valence-corrected chi connectivity index (χ0v) is 18.2. The maximum Gasteiger partial charge on any atom is 0.246 e. The fourth-order valence-electron chi connectivity index (χ4n) is 4.42. The molecule has 0 bridgehead atoms. The van der Waals surface area contributed by atoms with Crippen molar-refractivity contribution in [2.24, 2.45) is 5.92 Å². The first-order valence-electron chi connectivity index (χ1n) is 11.2. The van der Waals surface area contributed by atoms with Gasteiger partial charge < -0.3 is 15.0 Å². The van der Waals surface area contributed by atoms with Crippen LogP contribution in [0, 0.1) is 17.6 Å². The molecule has 0 atom stereocenters. The third-order valence-corrected chi connectivity index (χ3v) is 6.26. The Morgan fingerprint density at radius 2 is 1.83 bits per heavy atom. The Bertz CT molecular complexity index is 685. The van der Waals surface area contributed by atoms with Crippen LogP contribution < -0.4 is 10.2 Å². The standard InChI is InChI=1S/C23H35F2N3O2/c1-17(2)30-16-22(29)26-19-8-6-18(7-9-19)10-11-27-12-14-28(15-13-27)21-5-3-4-20(24)23(21)25/h3-5,17-19H,6-16H2,1-2H3,(H,26,29). The number of piperazine rings is 1. The first-order valence-corrected chi connectivity index (χ1v) is 11.2. The van der Waals surface area contributed by atoms with Crippen LogP contribution >= 0.6 is 0 Å². The predicted molar refractivity (Wildman–Crippen MR) is 115 cm³/mol. The third-order valence-electron chi connectivity index (χ3n) is 6.26. The Morgan fingerprint density at radius 1 is 1.13 bits per heavy atom. The minimum atomic E-state index is -0.783. The summed E-state index contributed by atoms with van der Waals surface area (Å²) in [6.07, 6.45) is 5.58. The van der Waals surface area contributed by atoms with Crippen molar-refractivity contribution in [1.82, 2.24) is 10.2 Å². The molecule has 30 heavy (non-hydrogen) atoms.